The van der Waals surface area contributed by atoms with Gasteiger partial charge < -0.3 is 4.98 Å². The van der Waals surface area contributed by atoms with Crippen LogP contribution in [0.4, 0.5) is 0 Å². The molecule has 2 aromatic heterocycles. The number of aromatic nitrogens is 5. The van der Waals surface area contributed by atoms with Crippen LogP contribution in [0.1, 0.15) is 5.69 Å². The van der Waals surface area contributed by atoms with Crippen molar-refractivity contribution < 1.29 is 0 Å². The van der Waals surface area contributed by atoms with Gasteiger partial charge in [0.25, 0.3) is 5.56 Å². The minimum atomic E-state index is -0.221. The van der Waals surface area contributed by atoms with Crippen LogP contribution in [-0.4, -0.2) is 25.6 Å². The second kappa shape index (κ2) is 5.30. The zero-order valence-electron chi connectivity index (χ0n) is 10.6. The van der Waals surface area contributed by atoms with Gasteiger partial charge in [-0.15, -0.1) is 10.2 Å². The summed E-state index contributed by atoms with van der Waals surface area (Å²) in [7, 11) is 0. The second-order valence-corrected chi connectivity index (χ2v) is 5.27. The number of benzene rings is 1. The van der Waals surface area contributed by atoms with Crippen LogP contribution in [0.2, 0.25) is 0 Å². The summed E-state index contributed by atoms with van der Waals surface area (Å²) in [4.78, 5) is 16.8. The number of nitrogens with zero attached hydrogens (tertiary/aromatic N) is 3. The maximum Gasteiger partial charge on any atom is 0.259 e. The van der Waals surface area contributed by atoms with Crippen molar-refractivity contribution in [2.75, 3.05) is 0 Å². The zero-order chi connectivity index (χ0) is 13.9. The van der Waals surface area contributed by atoms with E-state index in [1.165, 1.54) is 0 Å². The first-order valence-electron chi connectivity index (χ1n) is 5.94. The molecular formula is C13H11N5OS. The number of nitrogens with one attached hydrogen (secondary N) is 2. The topological polar surface area (TPSA) is 87.3 Å². The molecule has 0 saturated carbocycles. The van der Waals surface area contributed by atoms with Crippen molar-refractivity contribution >= 4 is 11.8 Å². The van der Waals surface area contributed by atoms with Crippen molar-refractivity contribution in [3.63, 3.8) is 0 Å². The van der Waals surface area contributed by atoms with Crippen LogP contribution in [0.25, 0.3) is 11.4 Å². The smallest absolute Gasteiger partial charge is 0.259 e. The number of aryl methyl sites for hydroxylation is 1. The van der Waals surface area contributed by atoms with Crippen LogP contribution in [0.3, 0.4) is 0 Å². The lowest BCUT2D eigenvalue weighted by Gasteiger charge is -2.06. The van der Waals surface area contributed by atoms with E-state index in [-0.39, 0.29) is 5.56 Å². The largest absolute Gasteiger partial charge is 0.325 e. The maximum atomic E-state index is 12.0. The molecule has 0 aliphatic heterocycles. The Bertz CT molecular complexity index is 767. The molecule has 0 atom stereocenters. The number of hydrogen-bond donors (Lipinski definition) is 2. The third-order valence-electron chi connectivity index (χ3n) is 2.75. The summed E-state index contributed by atoms with van der Waals surface area (Å²) in [5.41, 5.74) is 1.00. The number of tetrazole rings is 1. The highest BCUT2D eigenvalue weighted by molar-refractivity contribution is 7.99. The molecule has 0 amide bonds. The van der Waals surface area contributed by atoms with Gasteiger partial charge in [0.15, 0.2) is 0 Å². The summed E-state index contributed by atoms with van der Waals surface area (Å²) < 4.78 is 0. The van der Waals surface area contributed by atoms with Gasteiger partial charge in [0.1, 0.15) is 0 Å². The first-order chi connectivity index (χ1) is 9.74. The van der Waals surface area contributed by atoms with Gasteiger partial charge in [-0.3, -0.25) is 4.79 Å². The van der Waals surface area contributed by atoms with E-state index in [0.29, 0.717) is 11.4 Å². The van der Waals surface area contributed by atoms with Crippen molar-refractivity contribution in [1.29, 1.82) is 0 Å². The Morgan fingerprint density at radius 2 is 2.00 bits per heavy atom. The van der Waals surface area contributed by atoms with Gasteiger partial charge in [0.2, 0.25) is 5.82 Å². The number of H-pyrrole nitrogens is 2. The number of hydrogen-bond acceptors (Lipinski definition) is 5. The van der Waals surface area contributed by atoms with Crippen molar-refractivity contribution in [2.24, 2.45) is 0 Å². The summed E-state index contributed by atoms with van der Waals surface area (Å²) in [6.07, 6.45) is 0. The quantitative estimate of drug-likeness (QED) is 0.768. The van der Waals surface area contributed by atoms with E-state index < -0.39 is 0 Å². The van der Waals surface area contributed by atoms with Crippen LogP contribution in [0.5, 0.6) is 0 Å². The van der Waals surface area contributed by atoms with Gasteiger partial charge in [0, 0.05) is 15.5 Å². The highest BCUT2D eigenvalue weighted by Gasteiger charge is 2.12. The fraction of sp³-hybridized carbons (Fsp3) is 0.0769. The lowest BCUT2D eigenvalue weighted by molar-refractivity contribution is 0.881. The molecule has 100 valence electrons. The Labute approximate surface area is 118 Å². The van der Waals surface area contributed by atoms with Crippen LogP contribution in [0, 0.1) is 6.92 Å². The lowest BCUT2D eigenvalue weighted by atomic mass is 10.2. The second-order valence-electron chi connectivity index (χ2n) is 4.15. The summed E-state index contributed by atoms with van der Waals surface area (Å²) in [6.45, 7) is 1.87. The molecule has 2 N–H and O–H groups in total. The molecule has 0 radical (unpaired) electrons. The Morgan fingerprint density at radius 3 is 2.70 bits per heavy atom. The monoisotopic (exact) mass is 285 g/mol. The van der Waals surface area contributed by atoms with E-state index in [1.54, 1.807) is 17.8 Å². The number of aromatic amines is 2. The van der Waals surface area contributed by atoms with E-state index in [0.717, 1.165) is 15.5 Å². The summed E-state index contributed by atoms with van der Waals surface area (Å²) in [5, 5.41) is 13.5. The van der Waals surface area contributed by atoms with Crippen molar-refractivity contribution in [3.8, 4) is 11.4 Å². The van der Waals surface area contributed by atoms with Crippen LogP contribution in [-0.2, 0) is 0 Å². The molecule has 0 aliphatic rings. The predicted molar refractivity (Wildman–Crippen MR) is 75.5 cm³/mol. The maximum absolute atomic E-state index is 12.0. The molecule has 3 aromatic rings. The van der Waals surface area contributed by atoms with Crippen molar-refractivity contribution in [3.05, 3.63) is 52.4 Å². The molecule has 0 aliphatic carbocycles. The van der Waals surface area contributed by atoms with E-state index in [1.807, 2.05) is 37.3 Å². The van der Waals surface area contributed by atoms with Gasteiger partial charge in [0.05, 0.1) is 5.56 Å². The number of rotatable bonds is 3. The molecule has 0 saturated heterocycles. The van der Waals surface area contributed by atoms with Crippen LogP contribution in [0.15, 0.2) is 51.0 Å². The Hall–Kier alpha value is -2.41. The molecule has 7 heteroatoms. The van der Waals surface area contributed by atoms with Crippen molar-refractivity contribution in [1.82, 2.24) is 25.6 Å². The van der Waals surface area contributed by atoms with Crippen LogP contribution < -0.4 is 5.56 Å². The molecule has 0 fully saturated rings. The molecule has 6 nitrogen and oxygen atoms in total. The lowest BCUT2D eigenvalue weighted by Crippen LogP contribution is -2.11. The fourth-order valence-electron chi connectivity index (χ4n) is 1.77. The minimum Gasteiger partial charge on any atom is -0.325 e. The third kappa shape index (κ3) is 2.48. The molecular weight excluding hydrogens is 274 g/mol. The minimum absolute atomic E-state index is 0.221. The summed E-state index contributed by atoms with van der Waals surface area (Å²) >= 11 is 1.58. The SMILES string of the molecule is Cc1[nH]c(=O)c(-c2nn[nH]n2)cc1Sc1ccccc1. The highest BCUT2D eigenvalue weighted by atomic mass is 32.2. The van der Waals surface area contributed by atoms with Crippen molar-refractivity contribution in [2.45, 2.75) is 16.7 Å². The van der Waals surface area contributed by atoms with Gasteiger partial charge in [-0.1, -0.05) is 30.0 Å². The molecule has 0 bridgehead atoms. The Morgan fingerprint density at radius 1 is 1.20 bits per heavy atom. The number of pyridine rings is 1. The standard InChI is InChI=1S/C13H11N5OS/c1-8-11(20-9-5-3-2-4-6-9)7-10(13(19)14-8)12-15-17-18-16-12/h2-7H,1H3,(H,14,19)(H,15,16,17,18). The Kier molecular flexibility index (Phi) is 3.34. The van der Waals surface area contributed by atoms with Gasteiger partial charge in [-0.25, -0.2) is 0 Å². The van der Waals surface area contributed by atoms with E-state index in [2.05, 4.69) is 25.6 Å². The van der Waals surface area contributed by atoms with E-state index in [4.69, 9.17) is 0 Å². The summed E-state index contributed by atoms with van der Waals surface area (Å²) in [6, 6.07) is 11.7. The van der Waals surface area contributed by atoms with Crippen LogP contribution >= 0.6 is 11.8 Å². The zero-order valence-corrected chi connectivity index (χ0v) is 11.4. The average molecular weight is 285 g/mol. The molecule has 1 aromatic carbocycles. The van der Waals surface area contributed by atoms with E-state index in [9.17, 15) is 4.79 Å². The molecule has 0 spiro atoms. The molecule has 2 heterocycles. The summed E-state index contributed by atoms with van der Waals surface area (Å²) in [5.74, 6) is 0.293. The first kappa shape index (κ1) is 12.6. The molecule has 3 rings (SSSR count). The molecule has 20 heavy (non-hydrogen) atoms. The fourth-order valence-corrected chi connectivity index (χ4v) is 2.70. The first-order valence-corrected chi connectivity index (χ1v) is 6.76. The molecule has 0 unspecified atom stereocenters. The normalized spacial score (nSPS) is 10.7. The Balaban J connectivity index is 2.04. The third-order valence-corrected chi connectivity index (χ3v) is 3.90. The van der Waals surface area contributed by atoms with E-state index >= 15 is 0 Å². The average Bonchev–Trinajstić information content (AvgIpc) is 2.97. The van der Waals surface area contributed by atoms with Gasteiger partial charge in [-0.2, -0.15) is 5.21 Å². The predicted octanol–water partition coefficient (Wildman–Crippen LogP) is 2.01. The van der Waals surface area contributed by atoms with Gasteiger partial charge in [-0.05, 0) is 30.3 Å². The highest BCUT2D eigenvalue weighted by Crippen LogP contribution is 2.30. The van der Waals surface area contributed by atoms with Gasteiger partial charge >= 0.3 is 0 Å².